The van der Waals surface area contributed by atoms with Gasteiger partial charge in [-0.05, 0) is 57.4 Å². The van der Waals surface area contributed by atoms with Gasteiger partial charge in [0.2, 0.25) is 0 Å². The number of carbonyl (C=O) groups excluding carboxylic acids is 1. The van der Waals surface area contributed by atoms with Crippen molar-refractivity contribution in [3.05, 3.63) is 23.3 Å². The molecule has 1 N–H and O–H groups in total. The second kappa shape index (κ2) is 10.7. The van der Waals surface area contributed by atoms with Crippen LogP contribution in [0.5, 0.6) is 11.5 Å². The zero-order valence-corrected chi connectivity index (χ0v) is 20.0. The fourth-order valence-corrected chi connectivity index (χ4v) is 3.00. The molecule has 28 heavy (non-hydrogen) atoms. The predicted octanol–water partition coefficient (Wildman–Crippen LogP) is 2.99. The maximum absolute atomic E-state index is 12.0. The van der Waals surface area contributed by atoms with Gasteiger partial charge in [0.1, 0.15) is 12.1 Å². The maximum atomic E-state index is 12.0. The van der Waals surface area contributed by atoms with E-state index in [4.69, 9.17) is 14.2 Å². The number of halogens is 1. The molecule has 0 saturated carbocycles. The summed E-state index contributed by atoms with van der Waals surface area (Å²) >= 11 is 0. The van der Waals surface area contributed by atoms with E-state index < -0.39 is 5.60 Å². The van der Waals surface area contributed by atoms with Gasteiger partial charge in [-0.3, -0.25) is 4.79 Å². The van der Waals surface area contributed by atoms with E-state index in [1.807, 2.05) is 39.8 Å². The van der Waals surface area contributed by atoms with E-state index in [2.05, 4.69) is 15.2 Å². The van der Waals surface area contributed by atoms with Gasteiger partial charge in [-0.25, -0.2) is 4.99 Å². The van der Waals surface area contributed by atoms with Crippen LogP contribution in [0, 0.1) is 0 Å². The SMILES string of the molecule is CCNC(=NCC(=O)OC(C)(C)C)N1CCc2cc(OC)c(OC)cc2C1.I. The summed E-state index contributed by atoms with van der Waals surface area (Å²) in [7, 11) is 3.28. The average Bonchev–Trinajstić information content (AvgIpc) is 2.62. The molecule has 0 saturated heterocycles. The molecule has 0 radical (unpaired) electrons. The first-order chi connectivity index (χ1) is 12.8. The highest BCUT2D eigenvalue weighted by Crippen LogP contribution is 2.33. The van der Waals surface area contributed by atoms with Gasteiger partial charge in [0, 0.05) is 19.6 Å². The Morgan fingerprint density at radius 1 is 1.18 bits per heavy atom. The second-order valence-electron chi connectivity index (χ2n) is 7.40. The highest BCUT2D eigenvalue weighted by molar-refractivity contribution is 14.0. The number of carbonyl (C=O) groups is 1. The summed E-state index contributed by atoms with van der Waals surface area (Å²) in [5, 5.41) is 3.26. The van der Waals surface area contributed by atoms with Crippen molar-refractivity contribution in [2.45, 2.75) is 46.3 Å². The van der Waals surface area contributed by atoms with E-state index in [0.29, 0.717) is 18.3 Å². The van der Waals surface area contributed by atoms with E-state index in [1.165, 1.54) is 11.1 Å². The first kappa shape index (κ1) is 24.3. The van der Waals surface area contributed by atoms with Crippen molar-refractivity contribution in [2.75, 3.05) is 33.9 Å². The summed E-state index contributed by atoms with van der Waals surface area (Å²) in [6.45, 7) is 9.78. The standard InChI is InChI=1S/C20H31N3O4.HI/c1-7-21-19(22-12-18(24)27-20(2,3)4)23-9-8-14-10-16(25-5)17(26-6)11-15(14)13-23;/h10-11H,7-9,12-13H2,1-6H3,(H,21,22);1H. The van der Waals surface area contributed by atoms with Crippen LogP contribution < -0.4 is 14.8 Å². The van der Waals surface area contributed by atoms with Crippen molar-refractivity contribution < 1.29 is 19.0 Å². The van der Waals surface area contributed by atoms with Gasteiger partial charge in [0.15, 0.2) is 17.5 Å². The van der Waals surface area contributed by atoms with Crippen LogP contribution >= 0.6 is 24.0 Å². The highest BCUT2D eigenvalue weighted by Gasteiger charge is 2.22. The number of rotatable bonds is 5. The largest absolute Gasteiger partial charge is 0.493 e. The van der Waals surface area contributed by atoms with Gasteiger partial charge in [0.05, 0.1) is 14.2 Å². The summed E-state index contributed by atoms with van der Waals surface area (Å²) in [5.41, 5.74) is 1.90. The predicted molar refractivity (Wildman–Crippen MR) is 121 cm³/mol. The van der Waals surface area contributed by atoms with E-state index >= 15 is 0 Å². The number of nitrogens with zero attached hydrogens (tertiary/aromatic N) is 2. The van der Waals surface area contributed by atoms with Crippen molar-refractivity contribution in [2.24, 2.45) is 4.99 Å². The van der Waals surface area contributed by atoms with Gasteiger partial charge < -0.3 is 24.4 Å². The van der Waals surface area contributed by atoms with Crippen LogP contribution in [0.3, 0.4) is 0 Å². The Morgan fingerprint density at radius 3 is 2.32 bits per heavy atom. The molecule has 0 fully saturated rings. The summed E-state index contributed by atoms with van der Waals surface area (Å²) < 4.78 is 16.2. The van der Waals surface area contributed by atoms with Crippen LogP contribution in [0.25, 0.3) is 0 Å². The molecule has 158 valence electrons. The molecule has 1 aliphatic rings. The van der Waals surface area contributed by atoms with Gasteiger partial charge in [0.25, 0.3) is 0 Å². The molecule has 1 heterocycles. The Hall–Kier alpha value is -1.71. The fraction of sp³-hybridized carbons (Fsp3) is 0.600. The van der Waals surface area contributed by atoms with E-state index in [9.17, 15) is 4.79 Å². The van der Waals surface area contributed by atoms with Crippen molar-refractivity contribution in [3.63, 3.8) is 0 Å². The molecular formula is C20H32IN3O4. The first-order valence-corrected chi connectivity index (χ1v) is 9.26. The number of ether oxygens (including phenoxy) is 3. The zero-order chi connectivity index (χ0) is 20.0. The Morgan fingerprint density at radius 2 is 1.79 bits per heavy atom. The van der Waals surface area contributed by atoms with Gasteiger partial charge in [-0.15, -0.1) is 24.0 Å². The third kappa shape index (κ3) is 6.72. The first-order valence-electron chi connectivity index (χ1n) is 9.26. The monoisotopic (exact) mass is 505 g/mol. The molecule has 0 bridgehead atoms. The molecule has 7 nitrogen and oxygen atoms in total. The number of hydrogen-bond acceptors (Lipinski definition) is 5. The number of esters is 1. The zero-order valence-electron chi connectivity index (χ0n) is 17.6. The number of guanidine groups is 1. The lowest BCUT2D eigenvalue weighted by Gasteiger charge is -2.32. The van der Waals surface area contributed by atoms with Crippen molar-refractivity contribution in [1.29, 1.82) is 0 Å². The molecule has 0 aromatic heterocycles. The van der Waals surface area contributed by atoms with E-state index in [-0.39, 0.29) is 36.5 Å². The molecule has 0 amide bonds. The number of nitrogens with one attached hydrogen (secondary N) is 1. The van der Waals surface area contributed by atoms with Crippen LogP contribution in [0.4, 0.5) is 0 Å². The second-order valence-corrected chi connectivity index (χ2v) is 7.40. The summed E-state index contributed by atoms with van der Waals surface area (Å²) in [5.74, 6) is 1.84. The average molecular weight is 505 g/mol. The number of benzene rings is 1. The Kier molecular flexibility index (Phi) is 9.32. The van der Waals surface area contributed by atoms with Crippen LogP contribution in [-0.2, 0) is 22.5 Å². The number of hydrogen-bond donors (Lipinski definition) is 1. The van der Waals surface area contributed by atoms with E-state index in [1.54, 1.807) is 14.2 Å². The number of aliphatic imine (C=N–C) groups is 1. The van der Waals surface area contributed by atoms with Crippen LogP contribution in [0.2, 0.25) is 0 Å². The molecule has 1 aromatic carbocycles. The summed E-state index contributed by atoms with van der Waals surface area (Å²) in [6.07, 6.45) is 0.868. The third-order valence-corrected chi connectivity index (χ3v) is 4.13. The quantitative estimate of drug-likeness (QED) is 0.287. The van der Waals surface area contributed by atoms with Crippen molar-refractivity contribution in [1.82, 2.24) is 10.2 Å². The minimum atomic E-state index is -0.509. The van der Waals surface area contributed by atoms with Crippen LogP contribution in [0.15, 0.2) is 17.1 Å². The summed E-state index contributed by atoms with van der Waals surface area (Å²) in [6, 6.07) is 4.05. The number of fused-ring (bicyclic) bond motifs is 1. The molecular weight excluding hydrogens is 473 g/mol. The molecule has 1 aliphatic heterocycles. The molecule has 0 atom stereocenters. The van der Waals surface area contributed by atoms with Crippen molar-refractivity contribution in [3.8, 4) is 11.5 Å². The van der Waals surface area contributed by atoms with Crippen LogP contribution in [-0.4, -0.2) is 56.3 Å². The Balaban J connectivity index is 0.00000392. The van der Waals surface area contributed by atoms with Gasteiger partial charge in [-0.1, -0.05) is 0 Å². The lowest BCUT2D eigenvalue weighted by Crippen LogP contribution is -2.44. The van der Waals surface area contributed by atoms with Crippen molar-refractivity contribution >= 4 is 35.9 Å². The molecule has 0 spiro atoms. The molecule has 0 aliphatic carbocycles. The minimum Gasteiger partial charge on any atom is -0.493 e. The molecule has 0 unspecified atom stereocenters. The summed E-state index contributed by atoms with van der Waals surface area (Å²) in [4.78, 5) is 18.6. The minimum absolute atomic E-state index is 0. The molecule has 1 aromatic rings. The third-order valence-electron chi connectivity index (χ3n) is 4.13. The fourth-order valence-electron chi connectivity index (χ4n) is 3.00. The maximum Gasteiger partial charge on any atom is 0.328 e. The lowest BCUT2D eigenvalue weighted by molar-refractivity contribution is -0.152. The van der Waals surface area contributed by atoms with E-state index in [0.717, 1.165) is 25.3 Å². The highest BCUT2D eigenvalue weighted by atomic mass is 127. The molecule has 8 heteroatoms. The van der Waals surface area contributed by atoms with Crippen LogP contribution in [0.1, 0.15) is 38.8 Å². The Labute approximate surface area is 184 Å². The topological polar surface area (TPSA) is 72.4 Å². The number of methoxy groups -OCH3 is 2. The van der Waals surface area contributed by atoms with Gasteiger partial charge in [-0.2, -0.15) is 0 Å². The Bertz CT molecular complexity index is 701. The lowest BCUT2D eigenvalue weighted by atomic mass is 9.99. The normalized spacial score (nSPS) is 13.9. The van der Waals surface area contributed by atoms with Gasteiger partial charge >= 0.3 is 5.97 Å². The molecule has 2 rings (SSSR count). The smallest absolute Gasteiger partial charge is 0.328 e.